The summed E-state index contributed by atoms with van der Waals surface area (Å²) in [6.07, 6.45) is -0.00981. The van der Waals surface area contributed by atoms with Gasteiger partial charge in [0, 0.05) is 32.2 Å². The Bertz CT molecular complexity index is 642. The van der Waals surface area contributed by atoms with Crippen molar-refractivity contribution in [2.45, 2.75) is 19.6 Å². The number of aromatic nitrogens is 1. The van der Waals surface area contributed by atoms with Crippen molar-refractivity contribution in [3.63, 3.8) is 0 Å². The fourth-order valence-corrected chi connectivity index (χ4v) is 2.66. The molecule has 23 heavy (non-hydrogen) atoms. The molecule has 3 rings (SSSR count). The Balaban J connectivity index is 1.48. The Kier molecular flexibility index (Phi) is 5.05. The van der Waals surface area contributed by atoms with Crippen LogP contribution in [0, 0.1) is 6.92 Å². The first kappa shape index (κ1) is 15.7. The van der Waals surface area contributed by atoms with Crippen molar-refractivity contribution in [3.8, 4) is 0 Å². The molecular weight excluding hydrogens is 294 g/mol. The van der Waals surface area contributed by atoms with E-state index in [4.69, 9.17) is 9.26 Å². The SMILES string of the molecule is Cc1cc(C(=O)NC[C@@H]2CN(Cc3ccccc3)CCO2)no1. The lowest BCUT2D eigenvalue weighted by Gasteiger charge is -2.33. The lowest BCUT2D eigenvalue weighted by atomic mass is 10.2. The van der Waals surface area contributed by atoms with Crippen LogP contribution < -0.4 is 5.32 Å². The smallest absolute Gasteiger partial charge is 0.273 e. The number of ether oxygens (including phenoxy) is 1. The van der Waals surface area contributed by atoms with Gasteiger partial charge in [-0.25, -0.2) is 0 Å². The van der Waals surface area contributed by atoms with Gasteiger partial charge in [0.1, 0.15) is 5.76 Å². The van der Waals surface area contributed by atoms with Crippen LogP contribution in [0.5, 0.6) is 0 Å². The summed E-state index contributed by atoms with van der Waals surface area (Å²) in [6, 6.07) is 12.0. The van der Waals surface area contributed by atoms with Crippen LogP contribution in [0.25, 0.3) is 0 Å². The van der Waals surface area contributed by atoms with E-state index in [9.17, 15) is 4.79 Å². The number of morpholine rings is 1. The van der Waals surface area contributed by atoms with E-state index in [-0.39, 0.29) is 12.0 Å². The van der Waals surface area contributed by atoms with Crippen LogP contribution >= 0.6 is 0 Å². The molecule has 1 N–H and O–H groups in total. The van der Waals surface area contributed by atoms with Crippen molar-refractivity contribution in [1.82, 2.24) is 15.4 Å². The quantitative estimate of drug-likeness (QED) is 0.908. The van der Waals surface area contributed by atoms with Gasteiger partial charge in [0.15, 0.2) is 5.69 Å². The van der Waals surface area contributed by atoms with E-state index in [0.717, 1.165) is 19.6 Å². The largest absolute Gasteiger partial charge is 0.374 e. The molecule has 2 heterocycles. The Labute approximate surface area is 135 Å². The summed E-state index contributed by atoms with van der Waals surface area (Å²) in [5.41, 5.74) is 1.59. The number of hydrogen-bond donors (Lipinski definition) is 1. The van der Waals surface area contributed by atoms with E-state index in [1.165, 1.54) is 5.56 Å². The van der Waals surface area contributed by atoms with Gasteiger partial charge in [0.05, 0.1) is 12.7 Å². The molecule has 0 aliphatic carbocycles. The molecule has 1 aromatic heterocycles. The first-order valence-corrected chi connectivity index (χ1v) is 7.80. The molecule has 1 aromatic carbocycles. The fourth-order valence-electron chi connectivity index (χ4n) is 2.66. The number of amides is 1. The van der Waals surface area contributed by atoms with Crippen molar-refractivity contribution < 1.29 is 14.1 Å². The van der Waals surface area contributed by atoms with Crippen molar-refractivity contribution in [3.05, 3.63) is 53.4 Å². The molecule has 1 aliphatic rings. The zero-order chi connectivity index (χ0) is 16.1. The Hall–Kier alpha value is -2.18. The van der Waals surface area contributed by atoms with Crippen LogP contribution in [-0.2, 0) is 11.3 Å². The van der Waals surface area contributed by atoms with Crippen LogP contribution in [0.1, 0.15) is 21.8 Å². The first-order valence-electron chi connectivity index (χ1n) is 7.80. The summed E-state index contributed by atoms with van der Waals surface area (Å²) in [7, 11) is 0. The highest BCUT2D eigenvalue weighted by Crippen LogP contribution is 2.10. The molecule has 6 heteroatoms. The Morgan fingerprint density at radius 2 is 2.22 bits per heavy atom. The number of aryl methyl sites for hydroxylation is 1. The maximum absolute atomic E-state index is 12.0. The van der Waals surface area contributed by atoms with Crippen LogP contribution in [0.15, 0.2) is 40.9 Å². The van der Waals surface area contributed by atoms with Gasteiger partial charge in [0.2, 0.25) is 0 Å². The Morgan fingerprint density at radius 3 is 2.96 bits per heavy atom. The molecule has 6 nitrogen and oxygen atoms in total. The van der Waals surface area contributed by atoms with E-state index in [1.807, 2.05) is 18.2 Å². The molecule has 0 unspecified atom stereocenters. The molecule has 0 radical (unpaired) electrons. The average molecular weight is 315 g/mol. The summed E-state index contributed by atoms with van der Waals surface area (Å²) in [5, 5.41) is 6.57. The molecule has 1 fully saturated rings. The van der Waals surface area contributed by atoms with Crippen LogP contribution in [-0.4, -0.2) is 48.3 Å². The third kappa shape index (κ3) is 4.40. The molecule has 122 valence electrons. The van der Waals surface area contributed by atoms with Gasteiger partial charge >= 0.3 is 0 Å². The molecular formula is C17H21N3O3. The monoisotopic (exact) mass is 315 g/mol. The lowest BCUT2D eigenvalue weighted by molar-refractivity contribution is -0.0293. The predicted octanol–water partition coefficient (Wildman–Crippen LogP) is 1.61. The highest BCUT2D eigenvalue weighted by atomic mass is 16.5. The number of nitrogens with zero attached hydrogens (tertiary/aromatic N) is 2. The summed E-state index contributed by atoms with van der Waals surface area (Å²) < 4.78 is 10.6. The maximum atomic E-state index is 12.0. The van der Waals surface area contributed by atoms with E-state index in [2.05, 4.69) is 27.5 Å². The first-order chi connectivity index (χ1) is 11.2. The topological polar surface area (TPSA) is 67.6 Å². The molecule has 0 bridgehead atoms. The zero-order valence-electron chi connectivity index (χ0n) is 13.2. The van der Waals surface area contributed by atoms with Gasteiger partial charge < -0.3 is 14.6 Å². The second-order valence-electron chi connectivity index (χ2n) is 5.75. The van der Waals surface area contributed by atoms with Gasteiger partial charge in [0.25, 0.3) is 5.91 Å². The molecule has 1 amide bonds. The van der Waals surface area contributed by atoms with E-state index in [0.29, 0.717) is 24.6 Å². The Morgan fingerprint density at radius 1 is 1.39 bits per heavy atom. The number of benzene rings is 1. The minimum absolute atomic E-state index is 0.00981. The molecule has 0 spiro atoms. The normalized spacial score (nSPS) is 18.7. The molecule has 1 aliphatic heterocycles. The summed E-state index contributed by atoms with van der Waals surface area (Å²) in [5.74, 6) is 0.392. The van der Waals surface area contributed by atoms with Crippen molar-refractivity contribution >= 4 is 5.91 Å². The van der Waals surface area contributed by atoms with Gasteiger partial charge in [-0.1, -0.05) is 35.5 Å². The third-order valence-corrected chi connectivity index (χ3v) is 3.82. The summed E-state index contributed by atoms with van der Waals surface area (Å²) >= 11 is 0. The van der Waals surface area contributed by atoms with E-state index >= 15 is 0 Å². The summed E-state index contributed by atoms with van der Waals surface area (Å²) in [4.78, 5) is 14.3. The second kappa shape index (κ2) is 7.39. The zero-order valence-corrected chi connectivity index (χ0v) is 13.2. The predicted molar refractivity (Wildman–Crippen MR) is 85.0 cm³/mol. The van der Waals surface area contributed by atoms with Crippen LogP contribution in [0.2, 0.25) is 0 Å². The number of hydrogen-bond acceptors (Lipinski definition) is 5. The van der Waals surface area contributed by atoms with Crippen LogP contribution in [0.4, 0.5) is 0 Å². The van der Waals surface area contributed by atoms with Gasteiger partial charge in [-0.3, -0.25) is 9.69 Å². The molecule has 1 atom stereocenters. The fraction of sp³-hybridized carbons (Fsp3) is 0.412. The maximum Gasteiger partial charge on any atom is 0.273 e. The minimum atomic E-state index is -0.231. The van der Waals surface area contributed by atoms with Crippen molar-refractivity contribution in [2.75, 3.05) is 26.2 Å². The van der Waals surface area contributed by atoms with Gasteiger partial charge in [-0.2, -0.15) is 0 Å². The highest BCUT2D eigenvalue weighted by Gasteiger charge is 2.21. The average Bonchev–Trinajstić information content (AvgIpc) is 3.01. The number of carbonyl (C=O) groups excluding carboxylic acids is 1. The van der Waals surface area contributed by atoms with E-state index in [1.54, 1.807) is 13.0 Å². The van der Waals surface area contributed by atoms with Gasteiger partial charge in [-0.05, 0) is 12.5 Å². The second-order valence-corrected chi connectivity index (χ2v) is 5.75. The van der Waals surface area contributed by atoms with Crippen LogP contribution in [0.3, 0.4) is 0 Å². The number of carbonyl (C=O) groups is 1. The summed E-state index contributed by atoms with van der Waals surface area (Å²) in [6.45, 7) is 5.51. The third-order valence-electron chi connectivity index (χ3n) is 3.82. The van der Waals surface area contributed by atoms with Gasteiger partial charge in [-0.15, -0.1) is 0 Å². The van der Waals surface area contributed by atoms with E-state index < -0.39 is 0 Å². The highest BCUT2D eigenvalue weighted by molar-refractivity contribution is 5.92. The number of rotatable bonds is 5. The standard InChI is InChI=1S/C17H21N3O3/c1-13-9-16(19-23-13)17(21)18-10-15-12-20(7-8-22-15)11-14-5-3-2-4-6-14/h2-6,9,15H,7-8,10-12H2,1H3,(H,18,21)/t15-/m1/s1. The number of nitrogens with one attached hydrogen (secondary N) is 1. The molecule has 0 saturated carbocycles. The van der Waals surface area contributed by atoms with Crippen molar-refractivity contribution in [1.29, 1.82) is 0 Å². The molecule has 2 aromatic rings. The minimum Gasteiger partial charge on any atom is -0.374 e. The van der Waals surface area contributed by atoms with Crippen molar-refractivity contribution in [2.24, 2.45) is 0 Å². The molecule has 1 saturated heterocycles. The lowest BCUT2D eigenvalue weighted by Crippen LogP contribution is -2.47.